The van der Waals surface area contributed by atoms with Crippen LogP contribution in [0, 0.1) is 17.1 Å². The highest BCUT2D eigenvalue weighted by atomic mass is 79.9. The van der Waals surface area contributed by atoms with E-state index in [1.54, 1.807) is 30.3 Å². The molecule has 1 unspecified atom stereocenters. The number of nitriles is 1. The standard InChI is InChI=1S/C15H12BrFN2/c1-10(11-5-2-3-7-14(11)17)19-15-8-4-6-13(16)12(15)9-18/h2-8,10,19H,1H3. The molecule has 0 spiro atoms. The lowest BCUT2D eigenvalue weighted by molar-refractivity contribution is 0.600. The maximum atomic E-state index is 13.7. The molecule has 2 aromatic carbocycles. The minimum absolute atomic E-state index is 0.220. The molecule has 0 aliphatic carbocycles. The molecule has 19 heavy (non-hydrogen) atoms. The maximum absolute atomic E-state index is 13.7. The van der Waals surface area contributed by atoms with Gasteiger partial charge < -0.3 is 5.32 Å². The first-order valence-corrected chi connectivity index (χ1v) is 6.62. The quantitative estimate of drug-likeness (QED) is 0.895. The predicted octanol–water partition coefficient (Wildman–Crippen LogP) is 4.63. The zero-order chi connectivity index (χ0) is 13.8. The number of rotatable bonds is 3. The summed E-state index contributed by atoms with van der Waals surface area (Å²) in [6.07, 6.45) is 0. The van der Waals surface area contributed by atoms with E-state index in [1.807, 2.05) is 13.0 Å². The molecular weight excluding hydrogens is 307 g/mol. The van der Waals surface area contributed by atoms with Crippen LogP contribution in [0.4, 0.5) is 10.1 Å². The zero-order valence-corrected chi connectivity index (χ0v) is 11.9. The van der Waals surface area contributed by atoms with Crippen molar-refractivity contribution >= 4 is 21.6 Å². The van der Waals surface area contributed by atoms with Crippen LogP contribution < -0.4 is 5.32 Å². The molecule has 0 heterocycles. The maximum Gasteiger partial charge on any atom is 0.128 e. The summed E-state index contributed by atoms with van der Waals surface area (Å²) >= 11 is 3.33. The van der Waals surface area contributed by atoms with Crippen LogP contribution in [0.15, 0.2) is 46.9 Å². The molecule has 0 aromatic heterocycles. The van der Waals surface area contributed by atoms with Gasteiger partial charge in [0.2, 0.25) is 0 Å². The van der Waals surface area contributed by atoms with Crippen molar-refractivity contribution in [3.05, 3.63) is 63.9 Å². The van der Waals surface area contributed by atoms with Gasteiger partial charge in [0, 0.05) is 10.0 Å². The summed E-state index contributed by atoms with van der Waals surface area (Å²) in [5, 5.41) is 12.3. The van der Waals surface area contributed by atoms with E-state index in [2.05, 4.69) is 27.3 Å². The highest BCUT2D eigenvalue weighted by molar-refractivity contribution is 9.10. The van der Waals surface area contributed by atoms with E-state index in [1.165, 1.54) is 6.07 Å². The Morgan fingerprint density at radius 1 is 1.21 bits per heavy atom. The lowest BCUT2D eigenvalue weighted by atomic mass is 10.1. The SMILES string of the molecule is CC(Nc1cccc(Br)c1C#N)c1ccccc1F. The summed E-state index contributed by atoms with van der Waals surface area (Å²) in [7, 11) is 0. The molecule has 0 aliphatic heterocycles. The predicted molar refractivity (Wildman–Crippen MR) is 77.3 cm³/mol. The smallest absolute Gasteiger partial charge is 0.128 e. The Morgan fingerprint density at radius 3 is 2.63 bits per heavy atom. The Bertz CT molecular complexity index is 634. The molecular formula is C15H12BrFN2. The minimum atomic E-state index is -0.254. The second kappa shape index (κ2) is 5.85. The number of hydrogen-bond acceptors (Lipinski definition) is 2. The van der Waals surface area contributed by atoms with Gasteiger partial charge >= 0.3 is 0 Å². The summed E-state index contributed by atoms with van der Waals surface area (Å²) < 4.78 is 14.4. The number of nitrogens with one attached hydrogen (secondary N) is 1. The van der Waals surface area contributed by atoms with Gasteiger partial charge in [-0.1, -0.05) is 24.3 Å². The van der Waals surface area contributed by atoms with E-state index < -0.39 is 0 Å². The van der Waals surface area contributed by atoms with Crippen molar-refractivity contribution in [1.82, 2.24) is 0 Å². The van der Waals surface area contributed by atoms with Crippen LogP contribution in [0.2, 0.25) is 0 Å². The van der Waals surface area contributed by atoms with Gasteiger partial charge in [0.25, 0.3) is 0 Å². The van der Waals surface area contributed by atoms with Gasteiger partial charge in [0.05, 0.1) is 17.3 Å². The van der Waals surface area contributed by atoms with Crippen molar-refractivity contribution in [3.63, 3.8) is 0 Å². The highest BCUT2D eigenvalue weighted by Crippen LogP contribution is 2.28. The van der Waals surface area contributed by atoms with Crippen LogP contribution in [0.1, 0.15) is 24.1 Å². The molecule has 2 nitrogen and oxygen atoms in total. The largest absolute Gasteiger partial charge is 0.377 e. The fourth-order valence-electron chi connectivity index (χ4n) is 1.90. The number of anilines is 1. The van der Waals surface area contributed by atoms with Crippen LogP contribution in [0.25, 0.3) is 0 Å². The average molecular weight is 319 g/mol. The zero-order valence-electron chi connectivity index (χ0n) is 10.3. The molecule has 0 saturated heterocycles. The summed E-state index contributed by atoms with van der Waals surface area (Å²) in [5.41, 5.74) is 1.78. The molecule has 0 bridgehead atoms. The first-order valence-electron chi connectivity index (χ1n) is 5.83. The molecule has 0 radical (unpaired) electrons. The van der Waals surface area contributed by atoms with Gasteiger partial charge in [-0.05, 0) is 41.1 Å². The molecule has 2 aromatic rings. The Hall–Kier alpha value is -1.86. The normalized spacial score (nSPS) is 11.7. The van der Waals surface area contributed by atoms with Crippen molar-refractivity contribution in [3.8, 4) is 6.07 Å². The first kappa shape index (κ1) is 13.6. The molecule has 0 aliphatic rings. The number of benzene rings is 2. The van der Waals surface area contributed by atoms with Crippen LogP contribution in [0.3, 0.4) is 0 Å². The second-order valence-electron chi connectivity index (χ2n) is 4.16. The second-order valence-corrected chi connectivity index (χ2v) is 5.02. The van der Waals surface area contributed by atoms with Gasteiger partial charge in [0.15, 0.2) is 0 Å². The highest BCUT2D eigenvalue weighted by Gasteiger charge is 2.13. The number of hydrogen-bond donors (Lipinski definition) is 1. The topological polar surface area (TPSA) is 35.8 Å². The van der Waals surface area contributed by atoms with Crippen LogP contribution >= 0.6 is 15.9 Å². The summed E-state index contributed by atoms with van der Waals surface area (Å²) in [5.74, 6) is -0.254. The van der Waals surface area contributed by atoms with Crippen molar-refractivity contribution in [1.29, 1.82) is 5.26 Å². The van der Waals surface area contributed by atoms with Crippen LogP contribution in [-0.4, -0.2) is 0 Å². The summed E-state index contributed by atoms with van der Waals surface area (Å²) in [6, 6.07) is 14.0. The van der Waals surface area contributed by atoms with Crippen LogP contribution in [-0.2, 0) is 0 Å². The third-order valence-electron chi connectivity index (χ3n) is 2.87. The van der Waals surface area contributed by atoms with Gasteiger partial charge in [-0.2, -0.15) is 5.26 Å². The van der Waals surface area contributed by atoms with Crippen molar-refractivity contribution in [2.24, 2.45) is 0 Å². The van der Waals surface area contributed by atoms with Gasteiger partial charge in [-0.15, -0.1) is 0 Å². The van der Waals surface area contributed by atoms with E-state index in [0.717, 1.165) is 4.47 Å². The van der Waals surface area contributed by atoms with E-state index in [0.29, 0.717) is 16.8 Å². The lowest BCUT2D eigenvalue weighted by Gasteiger charge is -2.17. The third-order valence-corrected chi connectivity index (χ3v) is 3.53. The summed E-state index contributed by atoms with van der Waals surface area (Å²) in [6.45, 7) is 1.86. The van der Waals surface area contributed by atoms with E-state index in [4.69, 9.17) is 5.26 Å². The van der Waals surface area contributed by atoms with E-state index in [9.17, 15) is 4.39 Å². The lowest BCUT2D eigenvalue weighted by Crippen LogP contribution is -2.09. The monoisotopic (exact) mass is 318 g/mol. The Balaban J connectivity index is 2.30. The van der Waals surface area contributed by atoms with Gasteiger partial charge in [0.1, 0.15) is 11.9 Å². The first-order chi connectivity index (χ1) is 9.13. The molecule has 0 fully saturated rings. The summed E-state index contributed by atoms with van der Waals surface area (Å²) in [4.78, 5) is 0. The van der Waals surface area contributed by atoms with E-state index >= 15 is 0 Å². The molecule has 0 saturated carbocycles. The number of nitrogens with zero attached hydrogens (tertiary/aromatic N) is 1. The Labute approximate surface area is 120 Å². The molecule has 1 atom stereocenters. The van der Waals surface area contributed by atoms with Crippen molar-refractivity contribution in [2.75, 3.05) is 5.32 Å². The molecule has 4 heteroatoms. The van der Waals surface area contributed by atoms with Crippen molar-refractivity contribution < 1.29 is 4.39 Å². The van der Waals surface area contributed by atoms with E-state index in [-0.39, 0.29) is 11.9 Å². The van der Waals surface area contributed by atoms with Crippen LogP contribution in [0.5, 0.6) is 0 Å². The van der Waals surface area contributed by atoms with Gasteiger partial charge in [-0.3, -0.25) is 0 Å². The van der Waals surface area contributed by atoms with Crippen molar-refractivity contribution in [2.45, 2.75) is 13.0 Å². The number of halogens is 2. The molecule has 96 valence electrons. The third kappa shape index (κ3) is 2.94. The molecule has 0 amide bonds. The molecule has 2 rings (SSSR count). The van der Waals surface area contributed by atoms with Gasteiger partial charge in [-0.25, -0.2) is 4.39 Å². The molecule has 1 N–H and O–H groups in total. The fraction of sp³-hybridized carbons (Fsp3) is 0.133. The average Bonchev–Trinajstić information content (AvgIpc) is 2.39. The minimum Gasteiger partial charge on any atom is -0.377 e. The Morgan fingerprint density at radius 2 is 1.95 bits per heavy atom. The Kier molecular flexibility index (Phi) is 4.18. The fourth-order valence-corrected chi connectivity index (χ4v) is 2.35.